The molecule has 3 aromatic rings. The first-order valence-electron chi connectivity index (χ1n) is 8.11. The lowest BCUT2D eigenvalue weighted by molar-refractivity contribution is 0.0913. The number of para-hydroxylation sites is 1. The molecule has 0 N–H and O–H groups in total. The number of pyridine rings is 1. The number of nitrogens with zero attached hydrogens (tertiary/aromatic N) is 3. The minimum absolute atomic E-state index is 0.0233. The molecular formula is C18H16ClN3O2S. The molecule has 0 radical (unpaired) electrons. The van der Waals surface area contributed by atoms with Crippen LogP contribution in [0, 0.1) is 0 Å². The quantitative estimate of drug-likeness (QED) is 0.688. The summed E-state index contributed by atoms with van der Waals surface area (Å²) in [7, 11) is 0. The Morgan fingerprint density at radius 2 is 2.24 bits per heavy atom. The van der Waals surface area contributed by atoms with Crippen LogP contribution in [0.15, 0.2) is 42.6 Å². The molecule has 1 aromatic carbocycles. The van der Waals surface area contributed by atoms with E-state index in [0.29, 0.717) is 22.4 Å². The minimum atomic E-state index is -0.211. The molecule has 1 amide bonds. The zero-order chi connectivity index (χ0) is 17.2. The number of hydrogen-bond donors (Lipinski definition) is 0. The highest BCUT2D eigenvalue weighted by atomic mass is 35.5. The highest BCUT2D eigenvalue weighted by molar-refractivity contribution is 7.22. The molecule has 1 aliphatic heterocycles. The molecule has 1 aliphatic rings. The molecule has 128 valence electrons. The zero-order valence-electron chi connectivity index (χ0n) is 13.4. The van der Waals surface area contributed by atoms with Gasteiger partial charge in [-0.25, -0.2) is 4.98 Å². The van der Waals surface area contributed by atoms with Crippen molar-refractivity contribution in [2.45, 2.75) is 18.9 Å². The van der Waals surface area contributed by atoms with Crippen LogP contribution in [0.1, 0.15) is 23.3 Å². The van der Waals surface area contributed by atoms with Gasteiger partial charge in [0.15, 0.2) is 5.13 Å². The smallest absolute Gasteiger partial charge is 0.278 e. The van der Waals surface area contributed by atoms with Gasteiger partial charge in [0, 0.05) is 17.8 Å². The number of fused-ring (bicyclic) bond motifs is 1. The predicted molar refractivity (Wildman–Crippen MR) is 99.5 cm³/mol. The largest absolute Gasteiger partial charge is 0.376 e. The maximum absolute atomic E-state index is 13.1. The number of ether oxygens (including phenoxy) is 1. The van der Waals surface area contributed by atoms with E-state index in [1.807, 2.05) is 24.3 Å². The van der Waals surface area contributed by atoms with Crippen LogP contribution < -0.4 is 4.90 Å². The van der Waals surface area contributed by atoms with Gasteiger partial charge in [0.2, 0.25) is 0 Å². The molecule has 0 spiro atoms. The predicted octanol–water partition coefficient (Wildman–Crippen LogP) is 4.17. The van der Waals surface area contributed by atoms with E-state index in [0.717, 1.165) is 29.7 Å². The van der Waals surface area contributed by atoms with Gasteiger partial charge >= 0.3 is 0 Å². The lowest BCUT2D eigenvalue weighted by Crippen LogP contribution is -2.37. The number of rotatable bonds is 4. The monoisotopic (exact) mass is 373 g/mol. The second-order valence-electron chi connectivity index (χ2n) is 5.87. The van der Waals surface area contributed by atoms with Gasteiger partial charge in [0.05, 0.1) is 22.9 Å². The zero-order valence-corrected chi connectivity index (χ0v) is 15.0. The van der Waals surface area contributed by atoms with Gasteiger partial charge in [0.1, 0.15) is 5.69 Å². The molecule has 1 fully saturated rings. The first kappa shape index (κ1) is 16.4. The topological polar surface area (TPSA) is 55.3 Å². The number of halogens is 1. The van der Waals surface area contributed by atoms with E-state index in [2.05, 4.69) is 9.97 Å². The fraction of sp³-hybridized carbons (Fsp3) is 0.278. The van der Waals surface area contributed by atoms with Gasteiger partial charge in [-0.1, -0.05) is 35.1 Å². The van der Waals surface area contributed by atoms with Crippen LogP contribution in [-0.4, -0.2) is 35.1 Å². The standard InChI is InChI=1S/C18H16ClN3O2S/c19-12-7-8-20-15(10-12)17(23)22(11-13-4-3-9-24-13)18-21-14-5-1-2-6-16(14)25-18/h1-2,5-8,10,13H,3-4,9,11H2. The molecule has 25 heavy (non-hydrogen) atoms. The maximum atomic E-state index is 13.1. The van der Waals surface area contributed by atoms with E-state index in [9.17, 15) is 4.79 Å². The fourth-order valence-electron chi connectivity index (χ4n) is 2.88. The van der Waals surface area contributed by atoms with E-state index in [1.165, 1.54) is 17.5 Å². The van der Waals surface area contributed by atoms with Crippen molar-refractivity contribution in [3.05, 3.63) is 53.3 Å². The summed E-state index contributed by atoms with van der Waals surface area (Å²) in [6.07, 6.45) is 3.52. The van der Waals surface area contributed by atoms with Gasteiger partial charge in [-0.2, -0.15) is 0 Å². The van der Waals surface area contributed by atoms with E-state index in [1.54, 1.807) is 17.0 Å². The number of benzene rings is 1. The van der Waals surface area contributed by atoms with Gasteiger partial charge in [0.25, 0.3) is 5.91 Å². The van der Waals surface area contributed by atoms with E-state index >= 15 is 0 Å². The number of amides is 1. The third-order valence-electron chi connectivity index (χ3n) is 4.11. The number of carbonyl (C=O) groups excluding carboxylic acids is 1. The van der Waals surface area contributed by atoms with Gasteiger partial charge in [-0.05, 0) is 37.1 Å². The molecule has 3 heterocycles. The maximum Gasteiger partial charge on any atom is 0.278 e. The molecule has 1 saturated heterocycles. The van der Waals surface area contributed by atoms with Crippen LogP contribution in [0.25, 0.3) is 10.2 Å². The van der Waals surface area contributed by atoms with Crippen LogP contribution in [0.4, 0.5) is 5.13 Å². The summed E-state index contributed by atoms with van der Waals surface area (Å²) < 4.78 is 6.77. The molecule has 4 rings (SSSR count). The summed E-state index contributed by atoms with van der Waals surface area (Å²) in [5, 5.41) is 1.14. The average molecular weight is 374 g/mol. The fourth-order valence-corrected chi connectivity index (χ4v) is 4.01. The Kier molecular flexibility index (Phi) is 4.65. The molecule has 5 nitrogen and oxygen atoms in total. The summed E-state index contributed by atoms with van der Waals surface area (Å²) in [4.78, 5) is 23.6. The summed E-state index contributed by atoms with van der Waals surface area (Å²) in [6.45, 7) is 1.20. The third kappa shape index (κ3) is 3.51. The first-order valence-corrected chi connectivity index (χ1v) is 9.31. The Hall–Kier alpha value is -2.02. The highest BCUT2D eigenvalue weighted by Gasteiger charge is 2.27. The Balaban J connectivity index is 1.71. The summed E-state index contributed by atoms with van der Waals surface area (Å²) in [6, 6.07) is 11.1. The molecule has 0 aliphatic carbocycles. The number of aromatic nitrogens is 2. The van der Waals surface area contributed by atoms with Crippen LogP contribution >= 0.6 is 22.9 Å². The Morgan fingerprint density at radius 3 is 3.00 bits per heavy atom. The van der Waals surface area contributed by atoms with Crippen LogP contribution in [-0.2, 0) is 4.74 Å². The number of carbonyl (C=O) groups is 1. The summed E-state index contributed by atoms with van der Waals surface area (Å²) >= 11 is 7.52. The van der Waals surface area contributed by atoms with Gasteiger partial charge in [-0.3, -0.25) is 14.7 Å². The van der Waals surface area contributed by atoms with E-state index in [-0.39, 0.29) is 12.0 Å². The molecule has 0 saturated carbocycles. The lowest BCUT2D eigenvalue weighted by Gasteiger charge is -2.22. The Bertz CT molecular complexity index is 875. The average Bonchev–Trinajstić information content (AvgIpc) is 3.28. The van der Waals surface area contributed by atoms with Crippen molar-refractivity contribution in [2.24, 2.45) is 0 Å². The molecular weight excluding hydrogens is 358 g/mol. The van der Waals surface area contributed by atoms with Gasteiger partial charge in [-0.15, -0.1) is 0 Å². The van der Waals surface area contributed by atoms with E-state index < -0.39 is 0 Å². The van der Waals surface area contributed by atoms with Crippen molar-refractivity contribution < 1.29 is 9.53 Å². The summed E-state index contributed by atoms with van der Waals surface area (Å²) in [5.41, 5.74) is 1.19. The lowest BCUT2D eigenvalue weighted by atomic mass is 10.2. The minimum Gasteiger partial charge on any atom is -0.376 e. The number of anilines is 1. The summed E-state index contributed by atoms with van der Waals surface area (Å²) in [5.74, 6) is -0.211. The Labute approximate surface area is 154 Å². The second-order valence-corrected chi connectivity index (χ2v) is 7.32. The van der Waals surface area contributed by atoms with Crippen molar-refractivity contribution >= 4 is 44.2 Å². The van der Waals surface area contributed by atoms with Crippen LogP contribution in [0.5, 0.6) is 0 Å². The molecule has 1 unspecified atom stereocenters. The number of hydrogen-bond acceptors (Lipinski definition) is 5. The Morgan fingerprint density at radius 1 is 1.36 bits per heavy atom. The number of thiazole rings is 1. The van der Waals surface area contributed by atoms with Crippen molar-refractivity contribution in [2.75, 3.05) is 18.1 Å². The van der Waals surface area contributed by atoms with Crippen molar-refractivity contribution in [1.29, 1.82) is 0 Å². The SMILES string of the molecule is O=C(c1cc(Cl)ccn1)N(CC1CCCO1)c1nc2ccccc2s1. The van der Waals surface area contributed by atoms with Crippen molar-refractivity contribution in [3.8, 4) is 0 Å². The normalized spacial score (nSPS) is 17.1. The van der Waals surface area contributed by atoms with Gasteiger partial charge < -0.3 is 4.74 Å². The van der Waals surface area contributed by atoms with Crippen molar-refractivity contribution in [1.82, 2.24) is 9.97 Å². The molecule has 0 bridgehead atoms. The highest BCUT2D eigenvalue weighted by Crippen LogP contribution is 2.30. The molecule has 7 heteroatoms. The third-order valence-corrected chi connectivity index (χ3v) is 5.40. The van der Waals surface area contributed by atoms with Crippen molar-refractivity contribution in [3.63, 3.8) is 0 Å². The van der Waals surface area contributed by atoms with E-state index in [4.69, 9.17) is 16.3 Å². The molecule has 2 aromatic heterocycles. The molecule has 1 atom stereocenters. The van der Waals surface area contributed by atoms with Crippen LogP contribution in [0.2, 0.25) is 5.02 Å². The first-order chi connectivity index (χ1) is 12.2. The second kappa shape index (κ2) is 7.07. The van der Waals surface area contributed by atoms with Crippen LogP contribution in [0.3, 0.4) is 0 Å².